The quantitative estimate of drug-likeness (QED) is 0.334. The molecule has 3 aromatic rings. The Labute approximate surface area is 134 Å². The number of anilines is 3. The van der Waals surface area contributed by atoms with Crippen molar-refractivity contribution in [3.05, 3.63) is 53.3 Å². The van der Waals surface area contributed by atoms with E-state index in [1.54, 1.807) is 5.43 Å². The van der Waals surface area contributed by atoms with Gasteiger partial charge in [-0.1, -0.05) is 17.7 Å². The zero-order valence-corrected chi connectivity index (χ0v) is 12.5. The van der Waals surface area contributed by atoms with Crippen molar-refractivity contribution in [3.8, 4) is 11.4 Å². The molecule has 1 heterocycles. The van der Waals surface area contributed by atoms with Crippen molar-refractivity contribution in [2.24, 2.45) is 5.84 Å². The molecule has 24 heavy (non-hydrogen) atoms. The van der Waals surface area contributed by atoms with Gasteiger partial charge in [0.25, 0.3) is 0 Å². The number of aromatic amines is 1. The van der Waals surface area contributed by atoms with E-state index in [9.17, 15) is 13.2 Å². The molecule has 0 aliphatic carbocycles. The van der Waals surface area contributed by atoms with Crippen molar-refractivity contribution >= 4 is 17.3 Å². The zero-order valence-electron chi connectivity index (χ0n) is 12.5. The summed E-state index contributed by atoms with van der Waals surface area (Å²) in [5.41, 5.74) is 2.42. The molecular weight excluding hydrogens is 321 g/mol. The molecule has 3 rings (SSSR count). The smallest absolute Gasteiger partial charge is 0.246 e. The van der Waals surface area contributed by atoms with Gasteiger partial charge in [-0.3, -0.25) is 10.9 Å². The molecule has 0 aliphatic rings. The van der Waals surface area contributed by atoms with Gasteiger partial charge in [0, 0.05) is 5.69 Å². The highest BCUT2D eigenvalue weighted by atomic mass is 19.2. The summed E-state index contributed by atoms with van der Waals surface area (Å²) in [5.74, 6) is 1.21. The number of nitrogens with one attached hydrogen (secondary N) is 3. The molecular formula is C15H13F3N6. The largest absolute Gasteiger partial charge is 0.323 e. The number of hydrogen-bond acceptors (Lipinski definition) is 5. The van der Waals surface area contributed by atoms with Crippen molar-refractivity contribution in [3.63, 3.8) is 0 Å². The Kier molecular flexibility index (Phi) is 4.09. The molecule has 0 unspecified atom stereocenters. The maximum absolute atomic E-state index is 14.1. The van der Waals surface area contributed by atoms with Crippen LogP contribution in [0.5, 0.6) is 0 Å². The molecule has 124 valence electrons. The van der Waals surface area contributed by atoms with Crippen molar-refractivity contribution in [1.29, 1.82) is 0 Å². The zero-order chi connectivity index (χ0) is 17.3. The number of benzene rings is 2. The van der Waals surface area contributed by atoms with E-state index < -0.39 is 28.7 Å². The molecule has 1 aromatic heterocycles. The van der Waals surface area contributed by atoms with Crippen molar-refractivity contribution in [2.75, 3.05) is 10.7 Å². The normalized spacial score (nSPS) is 10.7. The second-order valence-electron chi connectivity index (χ2n) is 5.05. The number of halogens is 3. The summed E-state index contributed by atoms with van der Waals surface area (Å²) in [4.78, 5) is 3.99. The Morgan fingerprint density at radius 2 is 1.79 bits per heavy atom. The number of aromatic nitrogens is 3. The molecule has 5 N–H and O–H groups in total. The van der Waals surface area contributed by atoms with Gasteiger partial charge in [-0.15, -0.1) is 5.10 Å². The molecule has 0 amide bonds. The predicted octanol–water partition coefficient (Wildman–Crippen LogP) is 3.23. The summed E-state index contributed by atoms with van der Waals surface area (Å²) in [6.45, 7) is 1.94. The van der Waals surface area contributed by atoms with Crippen molar-refractivity contribution in [2.45, 2.75) is 6.92 Å². The molecule has 0 radical (unpaired) electrons. The van der Waals surface area contributed by atoms with Crippen LogP contribution in [0.25, 0.3) is 11.4 Å². The van der Waals surface area contributed by atoms with Crippen molar-refractivity contribution < 1.29 is 13.2 Å². The lowest BCUT2D eigenvalue weighted by molar-refractivity contribution is 0.501. The Bertz CT molecular complexity index is 876. The fourth-order valence-corrected chi connectivity index (χ4v) is 2.10. The monoisotopic (exact) mass is 334 g/mol. The summed E-state index contributed by atoms with van der Waals surface area (Å²) in [6, 6.07) is 8.18. The number of hydrazine groups is 1. The van der Waals surface area contributed by atoms with E-state index in [4.69, 9.17) is 5.84 Å². The molecule has 9 heteroatoms. The van der Waals surface area contributed by atoms with Gasteiger partial charge in [-0.05, 0) is 25.1 Å². The fraction of sp³-hybridized carbons (Fsp3) is 0.0667. The van der Waals surface area contributed by atoms with E-state index in [-0.39, 0.29) is 11.8 Å². The first-order valence-corrected chi connectivity index (χ1v) is 6.90. The van der Waals surface area contributed by atoms with Crippen molar-refractivity contribution in [1.82, 2.24) is 15.2 Å². The highest BCUT2D eigenvalue weighted by Crippen LogP contribution is 2.29. The molecule has 6 nitrogen and oxygen atoms in total. The summed E-state index contributed by atoms with van der Waals surface area (Å²) in [6.07, 6.45) is 0. The topological polar surface area (TPSA) is 91.7 Å². The lowest BCUT2D eigenvalue weighted by atomic mass is 10.1. The molecule has 0 atom stereocenters. The molecule has 2 aromatic carbocycles. The first kappa shape index (κ1) is 15.8. The summed E-state index contributed by atoms with van der Waals surface area (Å²) in [7, 11) is 0. The van der Waals surface area contributed by atoms with E-state index in [2.05, 4.69) is 20.5 Å². The summed E-state index contributed by atoms with van der Waals surface area (Å²) in [5, 5.41) is 9.19. The minimum Gasteiger partial charge on any atom is -0.323 e. The minimum absolute atomic E-state index is 0.122. The van der Waals surface area contributed by atoms with E-state index in [0.717, 1.165) is 11.6 Å². The first-order valence-electron chi connectivity index (χ1n) is 6.90. The second-order valence-corrected chi connectivity index (χ2v) is 5.05. The number of hydrogen-bond donors (Lipinski definition) is 4. The predicted molar refractivity (Wildman–Crippen MR) is 84.0 cm³/mol. The average molecular weight is 334 g/mol. The van der Waals surface area contributed by atoms with Gasteiger partial charge in [0.15, 0.2) is 23.3 Å². The van der Waals surface area contributed by atoms with Crippen LogP contribution in [0.15, 0.2) is 30.3 Å². The maximum Gasteiger partial charge on any atom is 0.246 e. The minimum atomic E-state index is -1.43. The van der Waals surface area contributed by atoms with Crippen LogP contribution >= 0.6 is 0 Å². The maximum atomic E-state index is 14.1. The third-order valence-electron chi connectivity index (χ3n) is 3.35. The van der Waals surface area contributed by atoms with Crippen LogP contribution in [0.1, 0.15) is 5.56 Å². The Morgan fingerprint density at radius 3 is 2.46 bits per heavy atom. The molecule has 0 bridgehead atoms. The van der Waals surface area contributed by atoms with E-state index in [0.29, 0.717) is 5.69 Å². The number of nitrogens with zero attached hydrogens (tertiary/aromatic N) is 2. The Morgan fingerprint density at radius 1 is 1.08 bits per heavy atom. The molecule has 0 saturated heterocycles. The molecule has 0 saturated carbocycles. The number of nitrogen functional groups attached to an aromatic ring is 1. The summed E-state index contributed by atoms with van der Waals surface area (Å²) < 4.78 is 41.6. The van der Waals surface area contributed by atoms with Crippen LogP contribution in [-0.4, -0.2) is 15.2 Å². The van der Waals surface area contributed by atoms with Crippen LogP contribution in [0.2, 0.25) is 0 Å². The van der Waals surface area contributed by atoms with Gasteiger partial charge in [0.1, 0.15) is 5.69 Å². The standard InChI is InChI=1S/C15H13F3N6/c1-7-2-4-8(5-3-7)20-15-21-14(23-24-15)9-6-10(16)13(22-19)12(18)11(9)17/h2-6,22H,19H2,1H3,(H2,20,21,23,24). The van der Waals surface area contributed by atoms with Crippen LogP contribution < -0.4 is 16.6 Å². The fourth-order valence-electron chi connectivity index (χ4n) is 2.10. The molecule has 0 spiro atoms. The van der Waals surface area contributed by atoms with E-state index in [1.807, 2.05) is 31.2 Å². The van der Waals surface area contributed by atoms with Gasteiger partial charge >= 0.3 is 0 Å². The molecule has 0 aliphatic heterocycles. The van der Waals surface area contributed by atoms with Gasteiger partial charge in [0.2, 0.25) is 5.95 Å². The highest BCUT2D eigenvalue weighted by Gasteiger charge is 2.21. The van der Waals surface area contributed by atoms with Crippen LogP contribution in [0.3, 0.4) is 0 Å². The Balaban J connectivity index is 1.92. The number of nitrogens with two attached hydrogens (primary N) is 1. The Hall–Kier alpha value is -3.07. The SMILES string of the molecule is Cc1ccc(Nc2n[nH]c(-c3cc(F)c(NN)c(F)c3F)n2)cc1. The molecule has 0 fully saturated rings. The highest BCUT2D eigenvalue weighted by molar-refractivity contribution is 5.64. The van der Waals surface area contributed by atoms with Crippen LogP contribution in [0.4, 0.5) is 30.5 Å². The van der Waals surface area contributed by atoms with Gasteiger partial charge in [-0.2, -0.15) is 4.98 Å². The third kappa shape index (κ3) is 2.88. The van der Waals surface area contributed by atoms with Crippen LogP contribution in [0, 0.1) is 24.4 Å². The van der Waals surface area contributed by atoms with Gasteiger partial charge in [-0.25, -0.2) is 13.2 Å². The van der Waals surface area contributed by atoms with Gasteiger partial charge < -0.3 is 10.7 Å². The van der Waals surface area contributed by atoms with Crippen LogP contribution in [-0.2, 0) is 0 Å². The lowest BCUT2D eigenvalue weighted by Crippen LogP contribution is -2.12. The van der Waals surface area contributed by atoms with Gasteiger partial charge in [0.05, 0.1) is 5.56 Å². The summed E-state index contributed by atoms with van der Waals surface area (Å²) >= 11 is 0. The second kappa shape index (κ2) is 6.20. The number of H-pyrrole nitrogens is 1. The van der Waals surface area contributed by atoms with E-state index in [1.165, 1.54) is 0 Å². The average Bonchev–Trinajstić information content (AvgIpc) is 3.02. The lowest BCUT2D eigenvalue weighted by Gasteiger charge is -2.07. The third-order valence-corrected chi connectivity index (χ3v) is 3.35. The van der Waals surface area contributed by atoms with E-state index >= 15 is 0 Å². The first-order chi connectivity index (χ1) is 11.5. The number of rotatable bonds is 4. The number of aryl methyl sites for hydroxylation is 1.